The van der Waals surface area contributed by atoms with Crippen LogP contribution in [0.25, 0.3) is 0 Å². The third-order valence-corrected chi connectivity index (χ3v) is 4.22. The highest BCUT2D eigenvalue weighted by atomic mass is 79.9. The Morgan fingerprint density at radius 2 is 2.17 bits per heavy atom. The summed E-state index contributed by atoms with van der Waals surface area (Å²) in [5.41, 5.74) is 0.840. The zero-order valence-corrected chi connectivity index (χ0v) is 14.9. The maximum absolute atomic E-state index is 12.3. The Kier molecular flexibility index (Phi) is 5.90. The SMILES string of the molecule is COCCn1c(O)c(C=Nc2ccccc2Br)c(C)c(C#N)c1=O. The van der Waals surface area contributed by atoms with Crippen LogP contribution in [0.1, 0.15) is 16.7 Å². The first kappa shape index (κ1) is 17.9. The van der Waals surface area contributed by atoms with Gasteiger partial charge in [0, 0.05) is 17.8 Å². The van der Waals surface area contributed by atoms with Gasteiger partial charge in [0.05, 0.1) is 24.4 Å². The molecule has 0 atom stereocenters. The average molecular weight is 390 g/mol. The average Bonchev–Trinajstić information content (AvgIpc) is 2.56. The number of hydrogen-bond donors (Lipinski definition) is 1. The van der Waals surface area contributed by atoms with Crippen molar-refractivity contribution in [3.05, 3.63) is 55.8 Å². The Balaban J connectivity index is 2.59. The molecule has 0 saturated heterocycles. The van der Waals surface area contributed by atoms with Crippen molar-refractivity contribution in [1.29, 1.82) is 5.26 Å². The maximum atomic E-state index is 12.3. The normalized spacial score (nSPS) is 10.9. The number of aliphatic imine (C=N–C) groups is 1. The number of aromatic hydroxyl groups is 1. The van der Waals surface area contributed by atoms with Crippen LogP contribution in [-0.4, -0.2) is 29.6 Å². The number of halogens is 1. The van der Waals surface area contributed by atoms with E-state index in [4.69, 9.17) is 4.74 Å². The highest BCUT2D eigenvalue weighted by molar-refractivity contribution is 9.10. The van der Waals surface area contributed by atoms with E-state index in [1.165, 1.54) is 13.3 Å². The largest absolute Gasteiger partial charge is 0.494 e. The Bertz CT molecular complexity index is 882. The summed E-state index contributed by atoms with van der Waals surface area (Å²) in [5, 5.41) is 19.7. The minimum Gasteiger partial charge on any atom is -0.494 e. The van der Waals surface area contributed by atoms with E-state index >= 15 is 0 Å². The predicted molar refractivity (Wildman–Crippen MR) is 95.1 cm³/mol. The molecule has 0 unspecified atom stereocenters. The Morgan fingerprint density at radius 1 is 1.46 bits per heavy atom. The summed E-state index contributed by atoms with van der Waals surface area (Å²) in [4.78, 5) is 16.6. The fourth-order valence-electron chi connectivity index (χ4n) is 2.21. The number of hydrogen-bond acceptors (Lipinski definition) is 5. The molecule has 7 heteroatoms. The summed E-state index contributed by atoms with van der Waals surface area (Å²) < 4.78 is 6.87. The smallest absolute Gasteiger partial charge is 0.271 e. The topological polar surface area (TPSA) is 87.6 Å². The van der Waals surface area contributed by atoms with Crippen molar-refractivity contribution in [3.8, 4) is 11.9 Å². The lowest BCUT2D eigenvalue weighted by molar-refractivity contribution is 0.182. The molecule has 6 nitrogen and oxygen atoms in total. The maximum Gasteiger partial charge on any atom is 0.271 e. The van der Waals surface area contributed by atoms with Crippen LogP contribution in [-0.2, 0) is 11.3 Å². The molecule has 0 aliphatic rings. The number of para-hydroxylation sites is 1. The van der Waals surface area contributed by atoms with Gasteiger partial charge in [0.1, 0.15) is 11.6 Å². The van der Waals surface area contributed by atoms with Crippen molar-refractivity contribution in [3.63, 3.8) is 0 Å². The van der Waals surface area contributed by atoms with E-state index in [9.17, 15) is 15.2 Å². The summed E-state index contributed by atoms with van der Waals surface area (Å²) in [5.74, 6) is -0.232. The van der Waals surface area contributed by atoms with Crippen molar-refractivity contribution < 1.29 is 9.84 Å². The molecule has 2 rings (SSSR count). The third kappa shape index (κ3) is 3.55. The monoisotopic (exact) mass is 389 g/mol. The molecule has 124 valence electrons. The lowest BCUT2D eigenvalue weighted by atomic mass is 10.1. The van der Waals surface area contributed by atoms with Crippen molar-refractivity contribution in [2.24, 2.45) is 4.99 Å². The number of nitrogens with zero attached hydrogens (tertiary/aromatic N) is 3. The van der Waals surface area contributed by atoms with Gasteiger partial charge in [-0.25, -0.2) is 0 Å². The van der Waals surface area contributed by atoms with Gasteiger partial charge in [0.15, 0.2) is 0 Å². The number of nitriles is 1. The third-order valence-electron chi connectivity index (χ3n) is 3.55. The van der Waals surface area contributed by atoms with Gasteiger partial charge in [-0.2, -0.15) is 5.26 Å². The van der Waals surface area contributed by atoms with E-state index in [0.29, 0.717) is 16.8 Å². The van der Waals surface area contributed by atoms with Gasteiger partial charge in [-0.3, -0.25) is 14.4 Å². The van der Waals surface area contributed by atoms with Crippen LogP contribution in [0.4, 0.5) is 5.69 Å². The molecule has 0 aliphatic carbocycles. The quantitative estimate of drug-likeness (QED) is 0.796. The van der Waals surface area contributed by atoms with Crippen molar-refractivity contribution in [1.82, 2.24) is 4.57 Å². The van der Waals surface area contributed by atoms with Gasteiger partial charge in [-0.1, -0.05) is 12.1 Å². The minimum absolute atomic E-state index is 0.0162. The molecule has 0 bridgehead atoms. The number of rotatable bonds is 5. The van der Waals surface area contributed by atoms with E-state index in [2.05, 4.69) is 20.9 Å². The number of aromatic nitrogens is 1. The summed E-state index contributed by atoms with van der Waals surface area (Å²) in [6.45, 7) is 2.00. The second kappa shape index (κ2) is 7.90. The molecule has 0 fully saturated rings. The standard InChI is InChI=1S/C17H16BrN3O3/c1-11-12(9-19)16(22)21(7-8-24-2)17(23)13(11)10-20-15-6-4-3-5-14(15)18/h3-6,10,23H,7-8H2,1-2H3. The van der Waals surface area contributed by atoms with Crippen LogP contribution in [0.15, 0.2) is 38.5 Å². The molecule has 0 aliphatic heterocycles. The van der Waals surface area contributed by atoms with Crippen LogP contribution in [0.5, 0.6) is 5.88 Å². The lowest BCUT2D eigenvalue weighted by Crippen LogP contribution is -2.26. The highest BCUT2D eigenvalue weighted by Crippen LogP contribution is 2.26. The molecule has 0 saturated carbocycles. The first-order valence-corrected chi connectivity index (χ1v) is 7.94. The summed E-state index contributed by atoms with van der Waals surface area (Å²) in [6, 6.07) is 9.26. The molecule has 2 aromatic rings. The second-order valence-electron chi connectivity index (χ2n) is 5.01. The van der Waals surface area contributed by atoms with Gasteiger partial charge < -0.3 is 9.84 Å². The lowest BCUT2D eigenvalue weighted by Gasteiger charge is -2.13. The number of benzene rings is 1. The van der Waals surface area contributed by atoms with Gasteiger partial charge in [-0.15, -0.1) is 0 Å². The van der Waals surface area contributed by atoms with Crippen LogP contribution in [0.2, 0.25) is 0 Å². The first-order valence-electron chi connectivity index (χ1n) is 7.15. The summed E-state index contributed by atoms with van der Waals surface area (Å²) in [7, 11) is 1.50. The molecule has 0 spiro atoms. The summed E-state index contributed by atoms with van der Waals surface area (Å²) in [6.07, 6.45) is 1.45. The van der Waals surface area contributed by atoms with Gasteiger partial charge in [-0.05, 0) is 40.5 Å². The van der Waals surface area contributed by atoms with Gasteiger partial charge >= 0.3 is 0 Å². The number of ether oxygens (including phenoxy) is 1. The van der Waals surface area contributed by atoms with E-state index in [-0.39, 0.29) is 24.6 Å². The van der Waals surface area contributed by atoms with Crippen LogP contribution in [0.3, 0.4) is 0 Å². The molecule has 1 aromatic heterocycles. The molecule has 1 aromatic carbocycles. The van der Waals surface area contributed by atoms with Gasteiger partial charge in [0.2, 0.25) is 5.88 Å². The molecular weight excluding hydrogens is 374 g/mol. The van der Waals surface area contributed by atoms with Crippen molar-refractivity contribution in [2.45, 2.75) is 13.5 Å². The zero-order valence-electron chi connectivity index (χ0n) is 13.3. The Hall–Kier alpha value is -2.43. The molecule has 0 amide bonds. The molecule has 1 N–H and O–H groups in total. The van der Waals surface area contributed by atoms with Crippen molar-refractivity contribution >= 4 is 27.8 Å². The minimum atomic E-state index is -0.539. The van der Waals surface area contributed by atoms with Crippen LogP contribution in [0, 0.1) is 18.3 Å². The fraction of sp³-hybridized carbons (Fsp3) is 0.235. The van der Waals surface area contributed by atoms with E-state index in [1.807, 2.05) is 24.3 Å². The zero-order chi connectivity index (χ0) is 17.7. The van der Waals surface area contributed by atoms with E-state index in [0.717, 1.165) is 9.04 Å². The Labute approximate surface area is 147 Å². The van der Waals surface area contributed by atoms with Crippen LogP contribution < -0.4 is 5.56 Å². The first-order chi connectivity index (χ1) is 11.5. The van der Waals surface area contributed by atoms with E-state index in [1.54, 1.807) is 13.0 Å². The van der Waals surface area contributed by atoms with Gasteiger partial charge in [0.25, 0.3) is 5.56 Å². The second-order valence-corrected chi connectivity index (χ2v) is 5.86. The predicted octanol–water partition coefficient (Wildman–Crippen LogP) is 2.89. The van der Waals surface area contributed by atoms with E-state index < -0.39 is 5.56 Å². The number of methoxy groups -OCH3 is 1. The highest BCUT2D eigenvalue weighted by Gasteiger charge is 2.17. The molecule has 24 heavy (non-hydrogen) atoms. The van der Waals surface area contributed by atoms with Crippen molar-refractivity contribution in [2.75, 3.05) is 13.7 Å². The molecule has 1 heterocycles. The number of pyridine rings is 1. The Morgan fingerprint density at radius 3 is 2.79 bits per heavy atom. The molecular formula is C17H16BrN3O3. The van der Waals surface area contributed by atoms with Crippen LogP contribution >= 0.6 is 15.9 Å². The summed E-state index contributed by atoms with van der Waals surface area (Å²) >= 11 is 3.39. The molecule has 0 radical (unpaired) electrons. The fourth-order valence-corrected chi connectivity index (χ4v) is 2.59.